The van der Waals surface area contributed by atoms with Crippen molar-refractivity contribution in [1.82, 2.24) is 4.98 Å². The summed E-state index contributed by atoms with van der Waals surface area (Å²) < 4.78 is 5.54. The molecule has 0 aliphatic heterocycles. The van der Waals surface area contributed by atoms with Gasteiger partial charge in [0, 0.05) is 16.8 Å². The normalized spacial score (nSPS) is 10.8. The number of carbonyl (C=O) groups is 1. The van der Waals surface area contributed by atoms with Gasteiger partial charge in [0.1, 0.15) is 5.75 Å². The lowest BCUT2D eigenvalue weighted by Crippen LogP contribution is -2.12. The van der Waals surface area contributed by atoms with E-state index >= 15 is 0 Å². The van der Waals surface area contributed by atoms with Crippen LogP contribution in [0.5, 0.6) is 5.75 Å². The van der Waals surface area contributed by atoms with Gasteiger partial charge in [-0.1, -0.05) is 37.0 Å². The van der Waals surface area contributed by atoms with Crippen LogP contribution in [0.15, 0.2) is 23.6 Å². The number of ether oxygens (including phenoxy) is 1. The molecule has 124 valence electrons. The van der Waals surface area contributed by atoms with Crippen LogP contribution >= 0.6 is 34.5 Å². The van der Waals surface area contributed by atoms with Crippen LogP contribution in [0.2, 0.25) is 10.0 Å². The number of hydrogen-bond donors (Lipinski definition) is 1. The molecule has 2 rings (SSSR count). The van der Waals surface area contributed by atoms with Crippen molar-refractivity contribution in [2.45, 2.75) is 32.6 Å². The summed E-state index contributed by atoms with van der Waals surface area (Å²) in [5, 5.41) is 6.43. The maximum Gasteiger partial charge on any atom is 0.226 e. The molecule has 0 spiro atoms. The van der Waals surface area contributed by atoms with Crippen molar-refractivity contribution in [2.75, 3.05) is 11.9 Å². The molecule has 0 aliphatic carbocycles. The molecule has 0 saturated carbocycles. The first-order chi connectivity index (χ1) is 11.0. The van der Waals surface area contributed by atoms with Crippen LogP contribution < -0.4 is 10.1 Å². The number of carbonyl (C=O) groups excluding carboxylic acids is 1. The smallest absolute Gasteiger partial charge is 0.226 e. The first-order valence-corrected chi connectivity index (χ1v) is 8.92. The lowest BCUT2D eigenvalue weighted by atomic mass is 10.2. The molecule has 1 heterocycles. The predicted molar refractivity (Wildman–Crippen MR) is 96.0 cm³/mol. The average Bonchev–Trinajstić information content (AvgIpc) is 2.94. The summed E-state index contributed by atoms with van der Waals surface area (Å²) in [6, 6.07) is 5.05. The second-order valence-electron chi connectivity index (χ2n) is 5.31. The first kappa shape index (κ1) is 18.0. The largest absolute Gasteiger partial charge is 0.492 e. The van der Waals surface area contributed by atoms with E-state index in [4.69, 9.17) is 27.9 Å². The average molecular weight is 373 g/mol. The van der Waals surface area contributed by atoms with Crippen molar-refractivity contribution in [3.63, 3.8) is 0 Å². The molecule has 0 atom stereocenters. The number of aromatic nitrogens is 1. The molecule has 1 aromatic carbocycles. The fourth-order valence-electron chi connectivity index (χ4n) is 1.80. The van der Waals surface area contributed by atoms with Crippen LogP contribution in [0.4, 0.5) is 5.13 Å². The number of nitrogens with zero attached hydrogens (tertiary/aromatic N) is 1. The third kappa shape index (κ3) is 5.68. The van der Waals surface area contributed by atoms with Crippen LogP contribution in [0.1, 0.15) is 38.3 Å². The molecule has 0 unspecified atom stereocenters. The molecular formula is C16H18Cl2N2O2S. The Morgan fingerprint density at radius 3 is 2.83 bits per heavy atom. The van der Waals surface area contributed by atoms with Gasteiger partial charge in [-0.25, -0.2) is 4.98 Å². The number of anilines is 1. The number of nitrogens with one attached hydrogen (secondary N) is 1. The fraction of sp³-hybridized carbons (Fsp3) is 0.375. The monoisotopic (exact) mass is 372 g/mol. The summed E-state index contributed by atoms with van der Waals surface area (Å²) >= 11 is 13.3. The zero-order valence-electron chi connectivity index (χ0n) is 12.9. The highest BCUT2D eigenvalue weighted by Gasteiger charge is 2.09. The molecule has 1 aromatic heterocycles. The van der Waals surface area contributed by atoms with Gasteiger partial charge >= 0.3 is 0 Å². The Bertz CT molecular complexity index is 674. The second-order valence-corrected chi connectivity index (χ2v) is 7.01. The Balaban J connectivity index is 1.72. The Morgan fingerprint density at radius 1 is 1.39 bits per heavy atom. The molecule has 7 heteroatoms. The Kier molecular flexibility index (Phi) is 6.69. The molecule has 0 saturated heterocycles. The number of amides is 1. The highest BCUT2D eigenvalue weighted by molar-refractivity contribution is 7.13. The highest BCUT2D eigenvalue weighted by atomic mass is 35.5. The molecule has 0 radical (unpaired) electrons. The zero-order valence-corrected chi connectivity index (χ0v) is 15.3. The van der Waals surface area contributed by atoms with Gasteiger partial charge in [0.2, 0.25) is 5.91 Å². The molecule has 4 nitrogen and oxygen atoms in total. The Labute approximate surface area is 149 Å². The van der Waals surface area contributed by atoms with Crippen molar-refractivity contribution in [1.29, 1.82) is 0 Å². The van der Waals surface area contributed by atoms with E-state index in [1.54, 1.807) is 18.2 Å². The minimum atomic E-state index is -0.0690. The van der Waals surface area contributed by atoms with E-state index in [1.165, 1.54) is 11.3 Å². The number of halogens is 2. The van der Waals surface area contributed by atoms with E-state index in [-0.39, 0.29) is 5.91 Å². The van der Waals surface area contributed by atoms with Gasteiger partial charge in [-0.3, -0.25) is 4.79 Å². The van der Waals surface area contributed by atoms with Crippen molar-refractivity contribution < 1.29 is 9.53 Å². The SMILES string of the molecule is CC(C)c1csc(NC(=O)CCCOc2ccc(Cl)cc2Cl)n1. The second kappa shape index (κ2) is 8.52. The summed E-state index contributed by atoms with van der Waals surface area (Å²) in [6.07, 6.45) is 0.953. The van der Waals surface area contributed by atoms with Gasteiger partial charge < -0.3 is 10.1 Å². The summed E-state index contributed by atoms with van der Waals surface area (Å²) in [6.45, 7) is 4.55. The van der Waals surface area contributed by atoms with E-state index in [0.717, 1.165) is 5.69 Å². The maximum atomic E-state index is 11.9. The highest BCUT2D eigenvalue weighted by Crippen LogP contribution is 2.27. The van der Waals surface area contributed by atoms with E-state index in [0.29, 0.717) is 46.3 Å². The van der Waals surface area contributed by atoms with Gasteiger partial charge in [-0.05, 0) is 30.5 Å². The summed E-state index contributed by atoms with van der Waals surface area (Å²) in [4.78, 5) is 16.2. The minimum Gasteiger partial charge on any atom is -0.492 e. The Morgan fingerprint density at radius 2 is 2.17 bits per heavy atom. The molecule has 23 heavy (non-hydrogen) atoms. The Hall–Kier alpha value is -1.30. The zero-order chi connectivity index (χ0) is 16.8. The van der Waals surface area contributed by atoms with E-state index < -0.39 is 0 Å². The number of hydrogen-bond acceptors (Lipinski definition) is 4. The molecule has 0 bridgehead atoms. The van der Waals surface area contributed by atoms with Gasteiger partial charge in [0.05, 0.1) is 17.3 Å². The lowest BCUT2D eigenvalue weighted by Gasteiger charge is -2.08. The summed E-state index contributed by atoms with van der Waals surface area (Å²) in [5.41, 5.74) is 0.992. The first-order valence-electron chi connectivity index (χ1n) is 7.29. The number of rotatable bonds is 7. The molecular weight excluding hydrogens is 355 g/mol. The van der Waals surface area contributed by atoms with Crippen molar-refractivity contribution in [2.24, 2.45) is 0 Å². The van der Waals surface area contributed by atoms with Crippen LogP contribution in [0, 0.1) is 0 Å². The quantitative estimate of drug-likeness (QED) is 0.664. The van der Waals surface area contributed by atoms with Crippen molar-refractivity contribution >= 4 is 45.6 Å². The van der Waals surface area contributed by atoms with Gasteiger partial charge in [-0.15, -0.1) is 11.3 Å². The number of benzene rings is 1. The molecule has 2 aromatic rings. The van der Waals surface area contributed by atoms with Crippen LogP contribution in [0.3, 0.4) is 0 Å². The van der Waals surface area contributed by atoms with Gasteiger partial charge in [0.15, 0.2) is 5.13 Å². The lowest BCUT2D eigenvalue weighted by molar-refractivity contribution is -0.116. The van der Waals surface area contributed by atoms with Crippen LogP contribution in [0.25, 0.3) is 0 Å². The van der Waals surface area contributed by atoms with Crippen molar-refractivity contribution in [3.05, 3.63) is 39.3 Å². The molecule has 1 amide bonds. The van der Waals surface area contributed by atoms with Crippen LogP contribution in [-0.4, -0.2) is 17.5 Å². The summed E-state index contributed by atoms with van der Waals surface area (Å²) in [5.74, 6) is 0.854. The van der Waals surface area contributed by atoms with E-state index in [9.17, 15) is 4.79 Å². The summed E-state index contributed by atoms with van der Waals surface area (Å²) in [7, 11) is 0. The standard InChI is InChI=1S/C16H18Cl2N2O2S/c1-10(2)13-9-23-16(19-13)20-15(21)4-3-7-22-14-6-5-11(17)8-12(14)18/h5-6,8-10H,3-4,7H2,1-2H3,(H,19,20,21). The van der Waals surface area contributed by atoms with Gasteiger partial charge in [0.25, 0.3) is 0 Å². The minimum absolute atomic E-state index is 0.0690. The number of thiazole rings is 1. The van der Waals surface area contributed by atoms with Gasteiger partial charge in [-0.2, -0.15) is 0 Å². The maximum absolute atomic E-state index is 11.9. The van der Waals surface area contributed by atoms with E-state index in [2.05, 4.69) is 24.1 Å². The molecule has 0 fully saturated rings. The van der Waals surface area contributed by atoms with Crippen LogP contribution in [-0.2, 0) is 4.79 Å². The fourth-order valence-corrected chi connectivity index (χ4v) is 3.15. The third-order valence-electron chi connectivity index (χ3n) is 3.06. The topological polar surface area (TPSA) is 51.2 Å². The third-order valence-corrected chi connectivity index (χ3v) is 4.37. The van der Waals surface area contributed by atoms with Crippen molar-refractivity contribution in [3.8, 4) is 5.75 Å². The predicted octanol–water partition coefficient (Wildman–Crippen LogP) is 5.37. The molecule has 1 N–H and O–H groups in total. The molecule has 0 aliphatic rings. The van der Waals surface area contributed by atoms with E-state index in [1.807, 2.05) is 5.38 Å².